The lowest BCUT2D eigenvalue weighted by Crippen LogP contribution is -2.34. The zero-order valence-corrected chi connectivity index (χ0v) is 7.51. The van der Waals surface area contributed by atoms with Crippen LogP contribution in [0.2, 0.25) is 0 Å². The molecule has 3 nitrogen and oxygen atoms in total. The monoisotopic (exact) mass is 190 g/mol. The molecule has 1 saturated carbocycles. The number of fused-ring (bicyclic) bond motifs is 2. The van der Waals surface area contributed by atoms with Crippen molar-refractivity contribution in [2.75, 3.05) is 0 Å². The molecule has 14 heavy (non-hydrogen) atoms. The first kappa shape index (κ1) is 8.00. The van der Waals surface area contributed by atoms with Crippen LogP contribution in [0, 0.1) is 5.92 Å². The summed E-state index contributed by atoms with van der Waals surface area (Å²) in [4.78, 5) is 10.9. The maximum atomic E-state index is 10.9. The number of carbonyl (C=O) groups is 1. The number of hydrogen-bond acceptors (Lipinski definition) is 2. The van der Waals surface area contributed by atoms with Crippen LogP contribution in [0.5, 0.6) is 0 Å². The van der Waals surface area contributed by atoms with Crippen LogP contribution in [0.15, 0.2) is 35.5 Å². The van der Waals surface area contributed by atoms with Gasteiger partial charge in [0.05, 0.1) is 0 Å². The van der Waals surface area contributed by atoms with E-state index >= 15 is 0 Å². The largest absolute Gasteiger partial charge is 0.479 e. The first-order chi connectivity index (χ1) is 6.77. The molecule has 0 aromatic heterocycles. The van der Waals surface area contributed by atoms with Crippen molar-refractivity contribution in [3.05, 3.63) is 35.5 Å². The fourth-order valence-electron chi connectivity index (χ4n) is 2.21. The predicted molar refractivity (Wildman–Crippen MR) is 49.7 cm³/mol. The molecular weight excluding hydrogens is 180 g/mol. The van der Waals surface area contributed by atoms with Crippen molar-refractivity contribution in [2.45, 2.75) is 18.6 Å². The average molecular weight is 190 g/mol. The number of hydrogen-bond donors (Lipinski definition) is 1. The predicted octanol–water partition coefficient (Wildman–Crippen LogP) is 1.28. The fourth-order valence-corrected chi connectivity index (χ4v) is 2.21. The van der Waals surface area contributed by atoms with Crippen LogP contribution in [0.4, 0.5) is 0 Å². The summed E-state index contributed by atoms with van der Waals surface area (Å²) in [6, 6.07) is 0. The Bertz CT molecular complexity index is 389. The molecule has 0 amide bonds. The number of carboxylic acid groups (broad SMARTS) is 1. The van der Waals surface area contributed by atoms with E-state index in [2.05, 4.69) is 0 Å². The molecule has 1 N–H and O–H groups in total. The molecule has 72 valence electrons. The van der Waals surface area contributed by atoms with Gasteiger partial charge in [-0.05, 0) is 12.0 Å². The number of allylic oxidation sites excluding steroid dienone is 2. The van der Waals surface area contributed by atoms with E-state index in [-0.39, 0.29) is 12.0 Å². The maximum Gasteiger partial charge on any atom is 0.333 e. The van der Waals surface area contributed by atoms with Crippen LogP contribution in [-0.4, -0.2) is 23.3 Å². The zero-order chi connectivity index (χ0) is 9.71. The topological polar surface area (TPSA) is 46.5 Å². The normalized spacial score (nSPS) is 37.9. The van der Waals surface area contributed by atoms with Crippen LogP contribution in [-0.2, 0) is 9.53 Å². The highest BCUT2D eigenvalue weighted by Gasteiger charge is 2.49. The summed E-state index contributed by atoms with van der Waals surface area (Å²) < 4.78 is 5.51. The first-order valence-electron chi connectivity index (χ1n) is 4.73. The molecule has 3 atom stereocenters. The van der Waals surface area contributed by atoms with E-state index in [9.17, 15) is 4.79 Å². The van der Waals surface area contributed by atoms with Crippen molar-refractivity contribution < 1.29 is 14.6 Å². The Labute approximate surface area is 81.4 Å². The van der Waals surface area contributed by atoms with E-state index in [0.29, 0.717) is 0 Å². The second-order valence-electron chi connectivity index (χ2n) is 3.85. The van der Waals surface area contributed by atoms with Gasteiger partial charge in [0.2, 0.25) is 0 Å². The first-order valence-corrected chi connectivity index (χ1v) is 4.73. The summed E-state index contributed by atoms with van der Waals surface area (Å²) in [5.74, 6) is -0.707. The maximum absolute atomic E-state index is 10.9. The van der Waals surface area contributed by atoms with Gasteiger partial charge in [-0.1, -0.05) is 29.9 Å². The molecule has 0 aromatic carbocycles. The molecule has 1 heterocycles. The fraction of sp³-hybridized carbons (Fsp3) is 0.364. The highest BCUT2D eigenvalue weighted by molar-refractivity contribution is 5.76. The Hall–Kier alpha value is -1.35. The minimum atomic E-state index is -0.841. The van der Waals surface area contributed by atoms with Gasteiger partial charge in [-0.2, -0.15) is 0 Å². The molecule has 3 rings (SSSR count). The molecule has 1 fully saturated rings. The Morgan fingerprint density at radius 3 is 3.14 bits per heavy atom. The summed E-state index contributed by atoms with van der Waals surface area (Å²) in [5, 5.41) is 8.94. The quantitative estimate of drug-likeness (QED) is 0.677. The molecule has 0 radical (unpaired) electrons. The smallest absolute Gasteiger partial charge is 0.333 e. The van der Waals surface area contributed by atoms with Gasteiger partial charge in [0.25, 0.3) is 0 Å². The summed E-state index contributed by atoms with van der Waals surface area (Å²) in [5.41, 5.74) is 2.45. The van der Waals surface area contributed by atoms with Crippen molar-refractivity contribution in [2.24, 2.45) is 5.92 Å². The van der Waals surface area contributed by atoms with E-state index < -0.39 is 12.1 Å². The van der Waals surface area contributed by atoms with Crippen molar-refractivity contribution >= 4 is 5.97 Å². The summed E-state index contributed by atoms with van der Waals surface area (Å²) in [6.45, 7) is 0. The highest BCUT2D eigenvalue weighted by atomic mass is 16.5. The standard InChI is InChI=1S/C11H10O3/c12-11(13)10-8-5-7(8)6-3-1-2-4-9(6)14-10/h1-4,8-10H,5H2,(H,12,13). The third-order valence-electron chi connectivity index (χ3n) is 2.98. The number of aliphatic carboxylic acids is 1. The second-order valence-corrected chi connectivity index (χ2v) is 3.85. The lowest BCUT2D eigenvalue weighted by Gasteiger charge is -2.26. The van der Waals surface area contributed by atoms with E-state index in [0.717, 1.165) is 6.42 Å². The molecule has 3 aliphatic rings. The van der Waals surface area contributed by atoms with Gasteiger partial charge < -0.3 is 9.84 Å². The molecule has 0 aromatic rings. The molecular formula is C11H10O3. The van der Waals surface area contributed by atoms with Gasteiger partial charge in [0.1, 0.15) is 6.10 Å². The van der Waals surface area contributed by atoms with Crippen molar-refractivity contribution in [1.29, 1.82) is 0 Å². The van der Waals surface area contributed by atoms with Gasteiger partial charge in [-0.3, -0.25) is 0 Å². The van der Waals surface area contributed by atoms with Crippen LogP contribution in [0.25, 0.3) is 0 Å². The van der Waals surface area contributed by atoms with E-state index in [1.165, 1.54) is 11.1 Å². The molecule has 0 bridgehead atoms. The Morgan fingerprint density at radius 2 is 2.36 bits per heavy atom. The van der Waals surface area contributed by atoms with Gasteiger partial charge in [-0.15, -0.1) is 0 Å². The minimum Gasteiger partial charge on any atom is -0.479 e. The summed E-state index contributed by atoms with van der Waals surface area (Å²) in [7, 11) is 0. The average Bonchev–Trinajstić information content (AvgIpc) is 2.95. The Kier molecular flexibility index (Phi) is 1.47. The zero-order valence-electron chi connectivity index (χ0n) is 7.51. The van der Waals surface area contributed by atoms with Gasteiger partial charge in [-0.25, -0.2) is 4.79 Å². The van der Waals surface area contributed by atoms with Crippen LogP contribution in [0.1, 0.15) is 6.42 Å². The molecule has 3 heteroatoms. The number of ether oxygens (including phenoxy) is 1. The van der Waals surface area contributed by atoms with Crippen LogP contribution in [0.3, 0.4) is 0 Å². The van der Waals surface area contributed by atoms with Crippen molar-refractivity contribution in [1.82, 2.24) is 0 Å². The second kappa shape index (κ2) is 2.58. The third kappa shape index (κ3) is 0.990. The van der Waals surface area contributed by atoms with Gasteiger partial charge in [0.15, 0.2) is 6.10 Å². The SMILES string of the molecule is O=C(O)C1OC2C=CC=CC2=C2CC21. The van der Waals surface area contributed by atoms with E-state index in [1.807, 2.05) is 24.3 Å². The Balaban J connectivity index is 1.98. The number of carboxylic acids is 1. The number of rotatable bonds is 1. The van der Waals surface area contributed by atoms with E-state index in [4.69, 9.17) is 9.84 Å². The van der Waals surface area contributed by atoms with Gasteiger partial charge in [0, 0.05) is 5.92 Å². The third-order valence-corrected chi connectivity index (χ3v) is 2.98. The van der Waals surface area contributed by atoms with Crippen molar-refractivity contribution in [3.8, 4) is 0 Å². The Morgan fingerprint density at radius 1 is 1.50 bits per heavy atom. The summed E-state index contributed by atoms with van der Waals surface area (Å²) >= 11 is 0. The lowest BCUT2D eigenvalue weighted by molar-refractivity contribution is -0.153. The van der Waals surface area contributed by atoms with Crippen LogP contribution < -0.4 is 0 Å². The van der Waals surface area contributed by atoms with Gasteiger partial charge >= 0.3 is 5.97 Å². The molecule has 3 unspecified atom stereocenters. The van der Waals surface area contributed by atoms with Crippen molar-refractivity contribution in [3.63, 3.8) is 0 Å². The molecule has 0 spiro atoms. The highest BCUT2D eigenvalue weighted by Crippen LogP contribution is 2.50. The lowest BCUT2D eigenvalue weighted by atomic mass is 9.99. The molecule has 0 saturated heterocycles. The summed E-state index contributed by atoms with van der Waals surface area (Å²) in [6.07, 6.45) is 7.94. The minimum absolute atomic E-state index is 0.130. The van der Waals surface area contributed by atoms with Crippen LogP contribution >= 0.6 is 0 Å². The molecule has 1 aliphatic heterocycles. The van der Waals surface area contributed by atoms with E-state index in [1.54, 1.807) is 0 Å². The molecule has 2 aliphatic carbocycles.